The van der Waals surface area contributed by atoms with Crippen LogP contribution in [-0.2, 0) is 11.3 Å². The lowest BCUT2D eigenvalue weighted by Crippen LogP contribution is -2.49. The molecule has 6 nitrogen and oxygen atoms in total. The highest BCUT2D eigenvalue weighted by Crippen LogP contribution is 2.21. The van der Waals surface area contributed by atoms with Gasteiger partial charge in [-0.25, -0.2) is 4.79 Å². The lowest BCUT2D eigenvalue weighted by molar-refractivity contribution is -0.131. The van der Waals surface area contributed by atoms with Crippen LogP contribution in [0.1, 0.15) is 12.0 Å². The van der Waals surface area contributed by atoms with Crippen LogP contribution in [-0.4, -0.2) is 41.6 Å². The van der Waals surface area contributed by atoms with Gasteiger partial charge in [0.05, 0.1) is 5.52 Å². The van der Waals surface area contributed by atoms with Crippen molar-refractivity contribution in [3.8, 4) is 0 Å². The monoisotopic (exact) mass is 399 g/mol. The second-order valence-electron chi connectivity index (χ2n) is 7.04. The molecule has 28 heavy (non-hydrogen) atoms. The number of hydrogen-bond acceptors (Lipinski definition) is 4. The van der Waals surface area contributed by atoms with Gasteiger partial charge in [0.25, 0.3) is 0 Å². The number of carbonyl (C=O) groups excluding carboxylic acids is 1. The van der Waals surface area contributed by atoms with E-state index in [2.05, 4.69) is 24.0 Å². The van der Waals surface area contributed by atoms with E-state index in [0.29, 0.717) is 35.8 Å². The average Bonchev–Trinajstić information content (AvgIpc) is 3.00. The third-order valence-electron chi connectivity index (χ3n) is 5.27. The van der Waals surface area contributed by atoms with Crippen molar-refractivity contribution in [2.24, 2.45) is 0 Å². The summed E-state index contributed by atoms with van der Waals surface area (Å²) in [5.74, 6) is -0.408. The molecule has 0 aliphatic carbocycles. The van der Waals surface area contributed by atoms with E-state index < -0.39 is 5.76 Å². The summed E-state index contributed by atoms with van der Waals surface area (Å²) < 4.78 is 6.72. The van der Waals surface area contributed by atoms with Crippen molar-refractivity contribution in [2.75, 3.05) is 31.1 Å². The predicted octanol–water partition coefficient (Wildman–Crippen LogP) is 3.30. The number of para-hydroxylation sites is 1. The number of hydrogen-bond donors (Lipinski definition) is 0. The molecule has 1 saturated heterocycles. The molecule has 1 aliphatic rings. The molecule has 0 radical (unpaired) electrons. The van der Waals surface area contributed by atoms with Crippen LogP contribution in [0, 0.1) is 6.92 Å². The Morgan fingerprint density at radius 1 is 1.11 bits per heavy atom. The number of rotatable bonds is 4. The van der Waals surface area contributed by atoms with E-state index in [0.717, 1.165) is 13.1 Å². The summed E-state index contributed by atoms with van der Waals surface area (Å²) in [5, 5.41) is 0.510. The molecule has 1 aromatic heterocycles. The number of piperazine rings is 1. The zero-order chi connectivity index (χ0) is 19.7. The van der Waals surface area contributed by atoms with Gasteiger partial charge < -0.3 is 14.2 Å². The highest BCUT2D eigenvalue weighted by atomic mass is 35.5. The number of carbonyl (C=O) groups is 1. The van der Waals surface area contributed by atoms with Crippen LogP contribution in [0.3, 0.4) is 0 Å². The second-order valence-corrected chi connectivity index (χ2v) is 7.47. The summed E-state index contributed by atoms with van der Waals surface area (Å²) in [5.41, 5.74) is 3.57. The van der Waals surface area contributed by atoms with Crippen LogP contribution < -0.4 is 10.7 Å². The van der Waals surface area contributed by atoms with Crippen LogP contribution in [0.15, 0.2) is 51.7 Å². The number of aryl methyl sites for hydroxylation is 2. The molecule has 0 atom stereocenters. The summed E-state index contributed by atoms with van der Waals surface area (Å²) in [4.78, 5) is 28.9. The van der Waals surface area contributed by atoms with Gasteiger partial charge >= 0.3 is 5.76 Å². The molecule has 7 heteroatoms. The number of halogens is 1. The van der Waals surface area contributed by atoms with Gasteiger partial charge in [-0.15, -0.1) is 0 Å². The van der Waals surface area contributed by atoms with E-state index in [1.807, 2.05) is 17.0 Å². The Labute approximate surface area is 167 Å². The first-order valence-electron chi connectivity index (χ1n) is 9.40. The summed E-state index contributed by atoms with van der Waals surface area (Å²) >= 11 is 5.94. The Balaban J connectivity index is 1.37. The molecule has 1 amide bonds. The molecule has 2 aromatic carbocycles. The first kappa shape index (κ1) is 18.6. The number of aromatic nitrogens is 1. The topological polar surface area (TPSA) is 58.7 Å². The van der Waals surface area contributed by atoms with E-state index >= 15 is 0 Å². The fraction of sp³-hybridized carbons (Fsp3) is 0.333. The largest absolute Gasteiger partial charge is 0.419 e. The SMILES string of the molecule is Cc1ccccc1N1CCN(C(=O)CCn2c(=O)oc3cc(Cl)ccc32)CC1. The van der Waals surface area contributed by atoms with Gasteiger partial charge in [0.2, 0.25) is 5.91 Å². The molecule has 3 aromatic rings. The Bertz CT molecular complexity index is 1060. The fourth-order valence-electron chi connectivity index (χ4n) is 3.73. The molecule has 1 aliphatic heterocycles. The quantitative estimate of drug-likeness (QED) is 0.675. The van der Waals surface area contributed by atoms with E-state index in [4.69, 9.17) is 16.0 Å². The first-order valence-corrected chi connectivity index (χ1v) is 9.78. The van der Waals surface area contributed by atoms with Gasteiger partial charge in [0.1, 0.15) is 0 Å². The number of amides is 1. The van der Waals surface area contributed by atoms with Crippen LogP contribution in [0.25, 0.3) is 11.1 Å². The van der Waals surface area contributed by atoms with Crippen LogP contribution >= 0.6 is 11.6 Å². The predicted molar refractivity (Wildman–Crippen MR) is 110 cm³/mol. The standard InChI is InChI=1S/C21H22ClN3O3/c1-15-4-2-3-5-17(15)23-10-12-24(13-11-23)20(26)8-9-25-18-7-6-16(22)14-19(18)28-21(25)27/h2-7,14H,8-13H2,1H3. The molecule has 0 N–H and O–H groups in total. The van der Waals surface area contributed by atoms with Crippen molar-refractivity contribution in [3.05, 3.63) is 63.6 Å². The maximum atomic E-state index is 12.6. The Morgan fingerprint density at radius 3 is 2.61 bits per heavy atom. The maximum absolute atomic E-state index is 12.6. The third kappa shape index (κ3) is 3.64. The normalized spacial score (nSPS) is 14.6. The van der Waals surface area contributed by atoms with Crippen LogP contribution in [0.4, 0.5) is 5.69 Å². The Kier molecular flexibility index (Phi) is 5.13. The number of anilines is 1. The van der Waals surface area contributed by atoms with Gasteiger partial charge in [-0.05, 0) is 30.7 Å². The number of nitrogens with zero attached hydrogens (tertiary/aromatic N) is 3. The van der Waals surface area contributed by atoms with Crippen molar-refractivity contribution in [1.82, 2.24) is 9.47 Å². The van der Waals surface area contributed by atoms with Crippen molar-refractivity contribution < 1.29 is 9.21 Å². The molecule has 0 spiro atoms. The molecule has 1 fully saturated rings. The lowest BCUT2D eigenvalue weighted by Gasteiger charge is -2.36. The van der Waals surface area contributed by atoms with Crippen LogP contribution in [0.5, 0.6) is 0 Å². The van der Waals surface area contributed by atoms with Crippen molar-refractivity contribution in [2.45, 2.75) is 19.9 Å². The van der Waals surface area contributed by atoms with Gasteiger partial charge in [-0.3, -0.25) is 9.36 Å². The number of oxazole rings is 1. The molecular weight excluding hydrogens is 378 g/mol. The van der Waals surface area contributed by atoms with Crippen molar-refractivity contribution in [3.63, 3.8) is 0 Å². The fourth-order valence-corrected chi connectivity index (χ4v) is 3.89. The minimum absolute atomic E-state index is 0.0552. The highest BCUT2D eigenvalue weighted by molar-refractivity contribution is 6.31. The molecule has 4 rings (SSSR count). The minimum Gasteiger partial charge on any atom is -0.408 e. The average molecular weight is 400 g/mol. The number of fused-ring (bicyclic) bond motifs is 1. The second kappa shape index (κ2) is 7.72. The maximum Gasteiger partial charge on any atom is 0.419 e. The first-order chi connectivity index (χ1) is 13.5. The molecule has 0 saturated carbocycles. The zero-order valence-electron chi connectivity index (χ0n) is 15.7. The summed E-state index contributed by atoms with van der Waals surface area (Å²) in [7, 11) is 0. The third-order valence-corrected chi connectivity index (χ3v) is 5.50. The summed E-state index contributed by atoms with van der Waals surface area (Å²) in [6.45, 7) is 5.39. The van der Waals surface area contributed by atoms with E-state index in [1.54, 1.807) is 18.2 Å². The smallest absolute Gasteiger partial charge is 0.408 e. The van der Waals surface area contributed by atoms with Gasteiger partial charge in [0.15, 0.2) is 5.58 Å². The van der Waals surface area contributed by atoms with Gasteiger partial charge in [-0.2, -0.15) is 0 Å². The summed E-state index contributed by atoms with van der Waals surface area (Å²) in [6, 6.07) is 13.4. The summed E-state index contributed by atoms with van der Waals surface area (Å²) in [6.07, 6.45) is 0.265. The molecule has 0 bridgehead atoms. The Hall–Kier alpha value is -2.73. The molecule has 2 heterocycles. The molecular formula is C21H22ClN3O3. The highest BCUT2D eigenvalue weighted by Gasteiger charge is 2.22. The van der Waals surface area contributed by atoms with E-state index in [9.17, 15) is 9.59 Å². The van der Waals surface area contributed by atoms with Gasteiger partial charge in [0, 0.05) is 55.9 Å². The van der Waals surface area contributed by atoms with Crippen LogP contribution in [0.2, 0.25) is 5.02 Å². The molecule has 0 unspecified atom stereocenters. The Morgan fingerprint density at radius 2 is 1.86 bits per heavy atom. The minimum atomic E-state index is -0.463. The van der Waals surface area contributed by atoms with Crippen molar-refractivity contribution in [1.29, 1.82) is 0 Å². The van der Waals surface area contributed by atoms with Crippen molar-refractivity contribution >= 4 is 34.3 Å². The molecule has 146 valence electrons. The zero-order valence-corrected chi connectivity index (χ0v) is 16.5. The van der Waals surface area contributed by atoms with E-state index in [-0.39, 0.29) is 12.3 Å². The number of benzene rings is 2. The van der Waals surface area contributed by atoms with E-state index in [1.165, 1.54) is 15.8 Å². The lowest BCUT2D eigenvalue weighted by atomic mass is 10.1. The van der Waals surface area contributed by atoms with Gasteiger partial charge in [-0.1, -0.05) is 29.8 Å².